The summed E-state index contributed by atoms with van der Waals surface area (Å²) in [6.07, 6.45) is 0.700. The van der Waals surface area contributed by atoms with Crippen LogP contribution in [0.3, 0.4) is 0 Å². The zero-order chi connectivity index (χ0) is 24.3. The van der Waals surface area contributed by atoms with Crippen molar-refractivity contribution in [3.05, 3.63) is 42.5 Å². The first-order chi connectivity index (χ1) is 16.1. The van der Waals surface area contributed by atoms with Gasteiger partial charge in [0.1, 0.15) is 24.6 Å². The quantitative estimate of drug-likeness (QED) is 0.476. The summed E-state index contributed by atoms with van der Waals surface area (Å²) in [6, 6.07) is 6.48. The maximum Gasteiger partial charge on any atom is 0.297 e. The van der Waals surface area contributed by atoms with E-state index < -0.39 is 40.4 Å². The van der Waals surface area contributed by atoms with Crippen molar-refractivity contribution in [3.8, 4) is 0 Å². The van der Waals surface area contributed by atoms with E-state index in [4.69, 9.17) is 18.4 Å². The highest BCUT2D eigenvalue weighted by molar-refractivity contribution is 7.86. The molecule has 0 radical (unpaired) electrons. The van der Waals surface area contributed by atoms with E-state index in [1.165, 1.54) is 18.5 Å². The van der Waals surface area contributed by atoms with E-state index in [0.29, 0.717) is 17.0 Å². The van der Waals surface area contributed by atoms with Crippen LogP contribution in [0.15, 0.2) is 41.8 Å². The van der Waals surface area contributed by atoms with E-state index in [-0.39, 0.29) is 11.5 Å². The Kier molecular flexibility index (Phi) is 5.60. The van der Waals surface area contributed by atoms with Gasteiger partial charge in [0.2, 0.25) is 0 Å². The molecule has 0 unspecified atom stereocenters. The third kappa shape index (κ3) is 4.05. The Morgan fingerprint density at radius 1 is 1.09 bits per heavy atom. The van der Waals surface area contributed by atoms with Crippen LogP contribution in [0.25, 0.3) is 11.2 Å². The molecule has 0 saturated carbocycles. The van der Waals surface area contributed by atoms with Crippen LogP contribution < -0.4 is 4.90 Å². The van der Waals surface area contributed by atoms with Crippen molar-refractivity contribution in [1.82, 2.24) is 19.5 Å². The second-order valence-electron chi connectivity index (χ2n) is 9.10. The van der Waals surface area contributed by atoms with Gasteiger partial charge in [-0.15, -0.1) is 0 Å². The van der Waals surface area contributed by atoms with Gasteiger partial charge in [0, 0.05) is 14.1 Å². The number of fused-ring (bicyclic) bond motifs is 2. The number of hydrogen-bond donors (Lipinski definition) is 0. The molecule has 2 aliphatic heterocycles. The molecular weight excluding hydrogens is 462 g/mol. The summed E-state index contributed by atoms with van der Waals surface area (Å²) in [5.74, 6) is -0.197. The number of nitrogens with zero attached hydrogens (tertiary/aromatic N) is 5. The number of rotatable bonds is 6. The number of aryl methyl sites for hydroxylation is 1. The van der Waals surface area contributed by atoms with Gasteiger partial charge in [-0.1, -0.05) is 17.7 Å². The van der Waals surface area contributed by atoms with Crippen LogP contribution in [0, 0.1) is 6.92 Å². The van der Waals surface area contributed by atoms with Crippen molar-refractivity contribution in [2.45, 2.75) is 56.0 Å². The first-order valence-corrected chi connectivity index (χ1v) is 12.3. The standard InChI is InChI=1S/C22H27N5O6S/c1-13-6-8-14(9-7-13)34(28,29)30-10-15-17-18(33-22(2,3)32-17)21(31-15)27-12-25-16-19(26(4)5)23-11-24-20(16)27/h6-9,11-12,15,17-18,21H,10H2,1-5H3/t15-,17-,18-,21-/m1/s1. The Hall–Kier alpha value is -2.64. The second kappa shape index (κ2) is 8.24. The number of aromatic nitrogens is 4. The van der Waals surface area contributed by atoms with Crippen molar-refractivity contribution in [2.75, 3.05) is 25.6 Å². The molecule has 182 valence electrons. The molecular formula is C22H27N5O6S. The molecule has 2 aromatic heterocycles. The summed E-state index contributed by atoms with van der Waals surface area (Å²) in [5, 5.41) is 0. The summed E-state index contributed by atoms with van der Waals surface area (Å²) in [4.78, 5) is 15.1. The average molecular weight is 490 g/mol. The lowest BCUT2D eigenvalue weighted by Crippen LogP contribution is -2.33. The smallest absolute Gasteiger partial charge is 0.297 e. The minimum atomic E-state index is -3.96. The predicted octanol–water partition coefficient (Wildman–Crippen LogP) is 2.02. The molecule has 34 heavy (non-hydrogen) atoms. The van der Waals surface area contributed by atoms with E-state index in [0.717, 1.165) is 5.56 Å². The van der Waals surface area contributed by atoms with Gasteiger partial charge >= 0.3 is 0 Å². The van der Waals surface area contributed by atoms with Crippen LogP contribution in [-0.2, 0) is 28.5 Å². The van der Waals surface area contributed by atoms with Crippen molar-refractivity contribution in [3.63, 3.8) is 0 Å². The highest BCUT2D eigenvalue weighted by Crippen LogP contribution is 2.44. The largest absolute Gasteiger partial charge is 0.361 e. The van der Waals surface area contributed by atoms with Crippen LogP contribution >= 0.6 is 0 Å². The summed E-state index contributed by atoms with van der Waals surface area (Å²) in [5.41, 5.74) is 2.15. The molecule has 0 spiro atoms. The molecule has 1 aromatic carbocycles. The minimum Gasteiger partial charge on any atom is -0.361 e. The van der Waals surface area contributed by atoms with Gasteiger partial charge in [0.25, 0.3) is 10.1 Å². The highest BCUT2D eigenvalue weighted by atomic mass is 32.2. The Morgan fingerprint density at radius 3 is 2.50 bits per heavy atom. The van der Waals surface area contributed by atoms with E-state index >= 15 is 0 Å². The highest BCUT2D eigenvalue weighted by Gasteiger charge is 2.56. The molecule has 4 heterocycles. The molecule has 3 aromatic rings. The fourth-order valence-electron chi connectivity index (χ4n) is 4.30. The molecule has 0 amide bonds. The van der Waals surface area contributed by atoms with Crippen molar-refractivity contribution in [2.24, 2.45) is 0 Å². The van der Waals surface area contributed by atoms with E-state index in [2.05, 4.69) is 15.0 Å². The van der Waals surface area contributed by atoms with Crippen LogP contribution in [0.5, 0.6) is 0 Å². The lowest BCUT2D eigenvalue weighted by Gasteiger charge is -2.24. The Balaban J connectivity index is 1.42. The van der Waals surface area contributed by atoms with Gasteiger partial charge in [-0.25, -0.2) is 15.0 Å². The predicted molar refractivity (Wildman–Crippen MR) is 122 cm³/mol. The molecule has 2 fully saturated rings. The maximum absolute atomic E-state index is 12.7. The third-order valence-corrected chi connectivity index (χ3v) is 7.16. The van der Waals surface area contributed by atoms with Crippen LogP contribution in [0.1, 0.15) is 25.6 Å². The molecule has 0 aliphatic carbocycles. The van der Waals surface area contributed by atoms with Gasteiger partial charge in [-0.05, 0) is 32.9 Å². The van der Waals surface area contributed by atoms with Gasteiger partial charge in [-0.3, -0.25) is 8.75 Å². The Labute approximate surface area is 197 Å². The molecule has 2 saturated heterocycles. The Bertz CT molecular complexity index is 1310. The molecule has 0 bridgehead atoms. The van der Waals surface area contributed by atoms with Crippen molar-refractivity contribution < 1.29 is 26.8 Å². The third-order valence-electron chi connectivity index (χ3n) is 5.86. The molecule has 2 aliphatic rings. The summed E-state index contributed by atoms with van der Waals surface area (Å²) >= 11 is 0. The average Bonchev–Trinajstić information content (AvgIpc) is 3.43. The molecule has 4 atom stereocenters. The van der Waals surface area contributed by atoms with E-state index in [1.54, 1.807) is 23.0 Å². The SMILES string of the molecule is Cc1ccc(S(=O)(=O)OC[C@H]2O[C@@H](n3cnc4c(N(C)C)ncnc43)[C@@H]3OC(C)(C)O[C@@H]32)cc1. The molecule has 0 N–H and O–H groups in total. The van der Waals surface area contributed by atoms with Crippen LogP contribution in [0.4, 0.5) is 5.82 Å². The zero-order valence-corrected chi connectivity index (χ0v) is 20.4. The first kappa shape index (κ1) is 23.1. The van der Waals surface area contributed by atoms with Gasteiger partial charge in [-0.2, -0.15) is 8.42 Å². The molecule has 5 rings (SSSR count). The minimum absolute atomic E-state index is 0.0848. The number of anilines is 1. The lowest BCUT2D eigenvalue weighted by molar-refractivity contribution is -0.198. The number of hydrogen-bond acceptors (Lipinski definition) is 10. The second-order valence-corrected chi connectivity index (χ2v) is 10.7. The number of ether oxygens (including phenoxy) is 3. The van der Waals surface area contributed by atoms with Gasteiger partial charge < -0.3 is 19.1 Å². The summed E-state index contributed by atoms with van der Waals surface area (Å²) in [6.45, 7) is 5.27. The number of benzene rings is 1. The van der Waals surface area contributed by atoms with Crippen molar-refractivity contribution >= 4 is 27.1 Å². The summed E-state index contributed by atoms with van der Waals surface area (Å²) in [7, 11) is -0.212. The lowest BCUT2D eigenvalue weighted by atomic mass is 10.1. The normalized spacial score (nSPS) is 26.1. The molecule has 11 nitrogen and oxygen atoms in total. The molecule has 12 heteroatoms. The maximum atomic E-state index is 12.7. The van der Waals surface area contributed by atoms with Crippen molar-refractivity contribution in [1.29, 1.82) is 0 Å². The first-order valence-electron chi connectivity index (χ1n) is 10.9. The fraction of sp³-hybridized carbons (Fsp3) is 0.500. The van der Waals surface area contributed by atoms with E-state index in [1.807, 2.05) is 39.8 Å². The monoisotopic (exact) mass is 489 g/mol. The Morgan fingerprint density at radius 2 is 1.79 bits per heavy atom. The van der Waals surface area contributed by atoms with Crippen LogP contribution in [0.2, 0.25) is 0 Å². The van der Waals surface area contributed by atoms with E-state index in [9.17, 15) is 8.42 Å². The van der Waals surface area contributed by atoms with Crippen LogP contribution in [-0.4, -0.2) is 72.7 Å². The topological polar surface area (TPSA) is 118 Å². The van der Waals surface area contributed by atoms with Gasteiger partial charge in [0.05, 0.1) is 17.8 Å². The number of imidazole rings is 1. The van der Waals surface area contributed by atoms with Gasteiger partial charge in [0.15, 0.2) is 29.0 Å². The zero-order valence-electron chi connectivity index (χ0n) is 19.6. The fourth-order valence-corrected chi connectivity index (χ4v) is 5.22. The summed E-state index contributed by atoms with van der Waals surface area (Å²) < 4.78 is 51.0.